The van der Waals surface area contributed by atoms with Gasteiger partial charge in [0, 0.05) is 27.9 Å². The molecule has 3 N–H and O–H groups in total. The molecule has 1 unspecified atom stereocenters. The van der Waals surface area contributed by atoms with Gasteiger partial charge in [-0.25, -0.2) is 0 Å². The van der Waals surface area contributed by atoms with Crippen LogP contribution < -0.4 is 10.5 Å². The summed E-state index contributed by atoms with van der Waals surface area (Å²) in [5.74, 6) is 1.52. The van der Waals surface area contributed by atoms with E-state index in [0.29, 0.717) is 23.1 Å². The van der Waals surface area contributed by atoms with Crippen molar-refractivity contribution in [3.63, 3.8) is 0 Å². The molecule has 0 amide bonds. The van der Waals surface area contributed by atoms with E-state index in [-0.39, 0.29) is 11.8 Å². The number of nitrogens with zero attached hydrogens (tertiary/aromatic N) is 1. The largest absolute Gasteiger partial charge is 0.507 e. The van der Waals surface area contributed by atoms with Crippen molar-refractivity contribution >= 4 is 23.4 Å². The van der Waals surface area contributed by atoms with Crippen LogP contribution in [-0.2, 0) is 0 Å². The van der Waals surface area contributed by atoms with Crippen molar-refractivity contribution in [2.24, 2.45) is 5.73 Å². The van der Waals surface area contributed by atoms with Gasteiger partial charge < -0.3 is 15.6 Å². The minimum absolute atomic E-state index is 0.148. The van der Waals surface area contributed by atoms with Crippen LogP contribution in [0.5, 0.6) is 11.5 Å². The lowest BCUT2D eigenvalue weighted by Gasteiger charge is -2.13. The molecule has 21 heavy (non-hydrogen) atoms. The Morgan fingerprint density at radius 1 is 1.38 bits per heavy atom. The summed E-state index contributed by atoms with van der Waals surface area (Å²) >= 11 is 7.26. The molecule has 4 nitrogen and oxygen atoms in total. The minimum Gasteiger partial charge on any atom is -0.507 e. The maximum Gasteiger partial charge on any atom is 0.137 e. The number of benzene rings is 1. The van der Waals surface area contributed by atoms with Gasteiger partial charge in [0.05, 0.1) is 6.20 Å². The molecule has 0 saturated carbocycles. The quantitative estimate of drug-likeness (QED) is 0.798. The van der Waals surface area contributed by atoms with Crippen molar-refractivity contribution in [3.8, 4) is 11.5 Å². The highest BCUT2D eigenvalue weighted by molar-refractivity contribution is 7.99. The van der Waals surface area contributed by atoms with Crippen molar-refractivity contribution < 1.29 is 9.84 Å². The Bertz CT molecular complexity index is 610. The summed E-state index contributed by atoms with van der Waals surface area (Å²) in [6.45, 7) is 2.35. The summed E-state index contributed by atoms with van der Waals surface area (Å²) in [5.41, 5.74) is 7.06. The summed E-state index contributed by atoms with van der Waals surface area (Å²) in [6, 6.07) is 6.80. The van der Waals surface area contributed by atoms with Gasteiger partial charge in [-0.05, 0) is 36.8 Å². The summed E-state index contributed by atoms with van der Waals surface area (Å²) in [7, 11) is 0. The molecule has 1 heterocycles. The van der Waals surface area contributed by atoms with Crippen LogP contribution in [0.1, 0.15) is 5.56 Å². The van der Waals surface area contributed by atoms with E-state index in [1.807, 2.05) is 13.0 Å². The molecule has 0 bridgehead atoms. The molecule has 0 spiro atoms. The second-order valence-electron chi connectivity index (χ2n) is 4.69. The second-order valence-corrected chi connectivity index (χ2v) is 6.19. The van der Waals surface area contributed by atoms with Crippen LogP contribution in [0.15, 0.2) is 41.6 Å². The SMILES string of the molecule is Cc1cncc(OCC(N)CSc2ccc(Cl)cc2O)c1. The predicted octanol–water partition coefficient (Wildman–Crippen LogP) is 3.25. The fraction of sp³-hybridized carbons (Fsp3) is 0.267. The van der Waals surface area contributed by atoms with Crippen molar-refractivity contribution in [1.82, 2.24) is 4.98 Å². The Morgan fingerprint density at radius 3 is 2.90 bits per heavy atom. The lowest BCUT2D eigenvalue weighted by molar-refractivity contribution is 0.296. The number of thioether (sulfide) groups is 1. The molecule has 0 aliphatic heterocycles. The smallest absolute Gasteiger partial charge is 0.137 e. The molecule has 0 fully saturated rings. The maximum atomic E-state index is 9.76. The summed E-state index contributed by atoms with van der Waals surface area (Å²) < 4.78 is 5.60. The van der Waals surface area contributed by atoms with Gasteiger partial charge >= 0.3 is 0 Å². The highest BCUT2D eigenvalue weighted by Crippen LogP contribution is 2.30. The van der Waals surface area contributed by atoms with Gasteiger partial charge in [-0.2, -0.15) is 0 Å². The van der Waals surface area contributed by atoms with Crippen LogP contribution in [0.25, 0.3) is 0 Å². The van der Waals surface area contributed by atoms with Gasteiger partial charge in [0.15, 0.2) is 0 Å². The first kappa shape index (κ1) is 15.9. The van der Waals surface area contributed by atoms with Crippen molar-refractivity contribution in [2.45, 2.75) is 17.9 Å². The number of aryl methyl sites for hydroxylation is 1. The first-order valence-electron chi connectivity index (χ1n) is 6.46. The zero-order chi connectivity index (χ0) is 15.2. The maximum absolute atomic E-state index is 9.76. The van der Waals surface area contributed by atoms with E-state index in [4.69, 9.17) is 22.1 Å². The molecule has 1 aromatic heterocycles. The molecule has 0 aliphatic carbocycles. The molecular weight excluding hydrogens is 308 g/mol. The molecule has 0 radical (unpaired) electrons. The number of hydrogen-bond donors (Lipinski definition) is 2. The van der Waals surface area contributed by atoms with Gasteiger partial charge in [-0.1, -0.05) is 11.6 Å². The molecule has 112 valence electrons. The van der Waals surface area contributed by atoms with E-state index in [9.17, 15) is 5.11 Å². The topological polar surface area (TPSA) is 68.4 Å². The van der Waals surface area contributed by atoms with Crippen LogP contribution in [0.3, 0.4) is 0 Å². The van der Waals surface area contributed by atoms with Gasteiger partial charge in [-0.3, -0.25) is 4.98 Å². The molecule has 6 heteroatoms. The number of hydrogen-bond acceptors (Lipinski definition) is 5. The number of halogens is 1. The average Bonchev–Trinajstić information content (AvgIpc) is 2.44. The van der Waals surface area contributed by atoms with Gasteiger partial charge in [-0.15, -0.1) is 11.8 Å². The third-order valence-corrected chi connectivity index (χ3v) is 4.17. The van der Waals surface area contributed by atoms with Crippen molar-refractivity contribution in [3.05, 3.63) is 47.2 Å². The lowest BCUT2D eigenvalue weighted by Crippen LogP contribution is -2.30. The van der Waals surface area contributed by atoms with Gasteiger partial charge in [0.25, 0.3) is 0 Å². The fourth-order valence-electron chi connectivity index (χ4n) is 1.67. The molecule has 0 saturated heterocycles. The van der Waals surface area contributed by atoms with Crippen LogP contribution in [0.4, 0.5) is 0 Å². The Balaban J connectivity index is 1.80. The zero-order valence-corrected chi connectivity index (χ0v) is 13.2. The summed E-state index contributed by atoms with van der Waals surface area (Å²) in [4.78, 5) is 4.82. The number of aromatic nitrogens is 1. The fourth-order valence-corrected chi connectivity index (χ4v) is 2.69. The Labute approximate surface area is 133 Å². The van der Waals surface area contributed by atoms with E-state index in [1.54, 1.807) is 24.5 Å². The summed E-state index contributed by atoms with van der Waals surface area (Å²) in [5, 5.41) is 10.3. The van der Waals surface area contributed by atoms with E-state index in [0.717, 1.165) is 10.5 Å². The molecular formula is C15H17ClN2O2S. The lowest BCUT2D eigenvalue weighted by atomic mass is 10.3. The average molecular weight is 325 g/mol. The molecule has 0 aliphatic rings. The van der Waals surface area contributed by atoms with Gasteiger partial charge in [0.2, 0.25) is 0 Å². The first-order chi connectivity index (χ1) is 10.0. The third kappa shape index (κ3) is 5.12. The molecule has 1 atom stereocenters. The monoisotopic (exact) mass is 324 g/mol. The number of ether oxygens (including phenoxy) is 1. The Hall–Kier alpha value is -1.43. The first-order valence-corrected chi connectivity index (χ1v) is 7.82. The molecule has 2 aromatic rings. The Kier molecular flexibility index (Phi) is 5.73. The number of nitrogens with two attached hydrogens (primary N) is 1. The van der Waals surface area contributed by atoms with Crippen molar-refractivity contribution in [1.29, 1.82) is 0 Å². The van der Waals surface area contributed by atoms with E-state index >= 15 is 0 Å². The normalized spacial score (nSPS) is 12.1. The molecule has 2 rings (SSSR count). The highest BCUT2D eigenvalue weighted by Gasteiger charge is 2.08. The van der Waals surface area contributed by atoms with Crippen LogP contribution >= 0.6 is 23.4 Å². The third-order valence-electron chi connectivity index (χ3n) is 2.69. The minimum atomic E-state index is -0.148. The highest BCUT2D eigenvalue weighted by atomic mass is 35.5. The van der Waals surface area contributed by atoms with Crippen LogP contribution in [0, 0.1) is 6.92 Å². The van der Waals surface area contributed by atoms with Crippen LogP contribution in [0.2, 0.25) is 5.02 Å². The molecule has 1 aromatic carbocycles. The van der Waals surface area contributed by atoms with E-state index in [1.165, 1.54) is 17.8 Å². The number of phenols is 1. The number of phenolic OH excluding ortho intramolecular Hbond substituents is 1. The Morgan fingerprint density at radius 2 is 2.19 bits per heavy atom. The zero-order valence-electron chi connectivity index (χ0n) is 11.6. The number of rotatable bonds is 6. The van der Waals surface area contributed by atoms with Crippen molar-refractivity contribution in [2.75, 3.05) is 12.4 Å². The summed E-state index contributed by atoms with van der Waals surface area (Å²) in [6.07, 6.45) is 3.43. The standard InChI is InChI=1S/C15H17ClN2O2S/c1-10-4-13(7-18-6-10)20-8-12(17)9-21-15-3-2-11(16)5-14(15)19/h2-7,12,19H,8-9,17H2,1H3. The number of aromatic hydroxyl groups is 1. The number of pyridine rings is 1. The predicted molar refractivity (Wildman–Crippen MR) is 86.3 cm³/mol. The van der Waals surface area contributed by atoms with E-state index < -0.39 is 0 Å². The second kappa shape index (κ2) is 7.54. The van der Waals surface area contributed by atoms with E-state index in [2.05, 4.69) is 4.98 Å². The van der Waals surface area contributed by atoms with Gasteiger partial charge in [0.1, 0.15) is 18.1 Å². The van der Waals surface area contributed by atoms with Crippen LogP contribution in [-0.4, -0.2) is 28.5 Å².